The lowest BCUT2D eigenvalue weighted by Gasteiger charge is -2.21. The van der Waals surface area contributed by atoms with Crippen molar-refractivity contribution in [3.8, 4) is 0 Å². The molecule has 1 atom stereocenters. The number of ether oxygens (including phenoxy) is 2. The molecule has 0 radical (unpaired) electrons. The van der Waals surface area contributed by atoms with Gasteiger partial charge in [-0.2, -0.15) is 0 Å². The van der Waals surface area contributed by atoms with E-state index in [4.69, 9.17) is 9.47 Å². The van der Waals surface area contributed by atoms with E-state index in [2.05, 4.69) is 29.5 Å². The molecule has 2 N–H and O–H groups in total. The summed E-state index contributed by atoms with van der Waals surface area (Å²) in [5.41, 5.74) is 0. The predicted molar refractivity (Wildman–Crippen MR) is 94.8 cm³/mol. The van der Waals surface area contributed by atoms with E-state index in [1.807, 2.05) is 6.92 Å². The van der Waals surface area contributed by atoms with Gasteiger partial charge in [-0.25, -0.2) is 8.42 Å². The molecule has 0 aliphatic heterocycles. The number of sulfone groups is 1. The lowest BCUT2D eigenvalue weighted by Crippen LogP contribution is -2.40. The Morgan fingerprint density at radius 3 is 2.35 bits per heavy atom. The molecule has 0 spiro atoms. The Hall–Kier alpha value is -0.860. The molecule has 138 valence electrons. The van der Waals surface area contributed by atoms with Crippen molar-refractivity contribution in [2.75, 3.05) is 52.0 Å². The lowest BCUT2D eigenvalue weighted by atomic mass is 10.0. The highest BCUT2D eigenvalue weighted by atomic mass is 32.2. The van der Waals surface area contributed by atoms with E-state index in [0.29, 0.717) is 25.0 Å². The van der Waals surface area contributed by atoms with Crippen LogP contribution < -0.4 is 10.6 Å². The maximum Gasteiger partial charge on any atom is 0.191 e. The summed E-state index contributed by atoms with van der Waals surface area (Å²) in [5.74, 6) is 1.24. The molecule has 0 saturated carbocycles. The van der Waals surface area contributed by atoms with E-state index in [-0.39, 0.29) is 18.5 Å². The van der Waals surface area contributed by atoms with Crippen LogP contribution in [-0.4, -0.2) is 72.4 Å². The van der Waals surface area contributed by atoms with Crippen molar-refractivity contribution in [1.29, 1.82) is 0 Å². The molecule has 0 aromatic heterocycles. The zero-order valence-electron chi connectivity index (χ0n) is 15.1. The summed E-state index contributed by atoms with van der Waals surface area (Å²) in [7, 11) is -1.25. The molecule has 0 aliphatic carbocycles. The summed E-state index contributed by atoms with van der Waals surface area (Å²) in [6, 6.07) is 0. The molecule has 1 unspecified atom stereocenters. The number of nitrogens with one attached hydrogen (secondary N) is 2. The predicted octanol–water partition coefficient (Wildman–Crippen LogP) is 0.664. The first-order valence-corrected chi connectivity index (χ1v) is 10.2. The van der Waals surface area contributed by atoms with Gasteiger partial charge in [-0.3, -0.25) is 4.99 Å². The number of guanidine groups is 1. The highest BCUT2D eigenvalue weighted by Crippen LogP contribution is 2.09. The molecule has 0 saturated heterocycles. The molecule has 0 heterocycles. The molecule has 0 aromatic rings. The van der Waals surface area contributed by atoms with Crippen LogP contribution in [0, 0.1) is 5.92 Å². The lowest BCUT2D eigenvalue weighted by molar-refractivity contribution is 0.0258. The van der Waals surface area contributed by atoms with Gasteiger partial charge in [0, 0.05) is 33.0 Å². The number of aliphatic imine (C=N–C) groups is 1. The van der Waals surface area contributed by atoms with Crippen molar-refractivity contribution < 1.29 is 17.9 Å². The van der Waals surface area contributed by atoms with Gasteiger partial charge in [0.2, 0.25) is 0 Å². The normalized spacial score (nSPS) is 14.1. The zero-order valence-corrected chi connectivity index (χ0v) is 15.9. The fourth-order valence-electron chi connectivity index (χ4n) is 1.93. The first-order chi connectivity index (χ1) is 10.8. The largest absolute Gasteiger partial charge is 0.379 e. The highest BCUT2D eigenvalue weighted by Gasteiger charge is 2.12. The average Bonchev–Trinajstić information content (AvgIpc) is 2.46. The maximum absolute atomic E-state index is 11.0. The molecule has 0 aliphatic rings. The second kappa shape index (κ2) is 12.5. The minimum Gasteiger partial charge on any atom is -0.379 e. The van der Waals surface area contributed by atoms with Crippen molar-refractivity contribution in [3.05, 3.63) is 0 Å². The fraction of sp³-hybridized carbons (Fsp3) is 0.933. The van der Waals surface area contributed by atoms with Crippen LogP contribution in [0.15, 0.2) is 4.99 Å². The summed E-state index contributed by atoms with van der Waals surface area (Å²) < 4.78 is 32.9. The van der Waals surface area contributed by atoms with E-state index in [9.17, 15) is 8.42 Å². The molecule has 7 nitrogen and oxygen atoms in total. The average molecular weight is 352 g/mol. The Labute approximate surface area is 141 Å². The van der Waals surface area contributed by atoms with Gasteiger partial charge in [-0.05, 0) is 19.3 Å². The van der Waals surface area contributed by atoms with Gasteiger partial charge in [0.05, 0.1) is 25.1 Å². The van der Waals surface area contributed by atoms with Crippen LogP contribution in [0.2, 0.25) is 0 Å². The smallest absolute Gasteiger partial charge is 0.191 e. The van der Waals surface area contributed by atoms with Crippen molar-refractivity contribution in [3.63, 3.8) is 0 Å². The van der Waals surface area contributed by atoms with Crippen molar-refractivity contribution >= 4 is 15.8 Å². The zero-order chi connectivity index (χ0) is 17.7. The van der Waals surface area contributed by atoms with Gasteiger partial charge in [0.25, 0.3) is 0 Å². The molecular formula is C15H33N3O4S. The maximum atomic E-state index is 11.0. The standard InChI is InChI=1S/C15H33N3O4S/c1-6-22-14(13(2)3)7-8-17-15(16-4)18-9-10-21-11-12-23(5,19)20/h13-14H,6-12H2,1-5H3,(H2,16,17,18). The van der Waals surface area contributed by atoms with Crippen LogP contribution in [-0.2, 0) is 19.3 Å². The van der Waals surface area contributed by atoms with Crippen LogP contribution >= 0.6 is 0 Å². The van der Waals surface area contributed by atoms with Gasteiger partial charge in [0.15, 0.2) is 5.96 Å². The SMILES string of the molecule is CCOC(CCNC(=NC)NCCOCCS(C)(=O)=O)C(C)C. The van der Waals surface area contributed by atoms with Crippen LogP contribution in [0.25, 0.3) is 0 Å². The van der Waals surface area contributed by atoms with Gasteiger partial charge < -0.3 is 20.1 Å². The van der Waals surface area contributed by atoms with Gasteiger partial charge in [-0.1, -0.05) is 13.8 Å². The van der Waals surface area contributed by atoms with Crippen molar-refractivity contribution in [2.45, 2.75) is 33.3 Å². The first kappa shape index (κ1) is 22.1. The Balaban J connectivity index is 3.83. The van der Waals surface area contributed by atoms with E-state index >= 15 is 0 Å². The number of hydrogen-bond donors (Lipinski definition) is 2. The van der Waals surface area contributed by atoms with E-state index in [1.54, 1.807) is 7.05 Å². The molecule has 0 aromatic carbocycles. The molecule has 0 bridgehead atoms. The first-order valence-electron chi connectivity index (χ1n) is 8.11. The van der Waals surface area contributed by atoms with Gasteiger partial charge >= 0.3 is 0 Å². The molecule has 0 amide bonds. The molecule has 0 fully saturated rings. The summed E-state index contributed by atoms with van der Waals surface area (Å²) in [5, 5.41) is 6.36. The third-order valence-electron chi connectivity index (χ3n) is 3.21. The van der Waals surface area contributed by atoms with Crippen LogP contribution in [0.1, 0.15) is 27.2 Å². The minimum atomic E-state index is -2.96. The van der Waals surface area contributed by atoms with E-state index < -0.39 is 9.84 Å². The molecular weight excluding hydrogens is 318 g/mol. The van der Waals surface area contributed by atoms with Crippen LogP contribution in [0.3, 0.4) is 0 Å². The number of nitrogens with zero attached hydrogens (tertiary/aromatic N) is 1. The quantitative estimate of drug-likeness (QED) is 0.305. The van der Waals surface area contributed by atoms with Crippen molar-refractivity contribution in [1.82, 2.24) is 10.6 Å². The van der Waals surface area contributed by atoms with Gasteiger partial charge in [0.1, 0.15) is 9.84 Å². The summed E-state index contributed by atoms with van der Waals surface area (Å²) in [6.07, 6.45) is 2.36. The monoisotopic (exact) mass is 351 g/mol. The third-order valence-corrected chi connectivity index (χ3v) is 4.11. The summed E-state index contributed by atoms with van der Waals surface area (Å²) >= 11 is 0. The topological polar surface area (TPSA) is 89.0 Å². The molecule has 23 heavy (non-hydrogen) atoms. The van der Waals surface area contributed by atoms with Crippen LogP contribution in [0.5, 0.6) is 0 Å². The highest BCUT2D eigenvalue weighted by molar-refractivity contribution is 7.90. The Morgan fingerprint density at radius 1 is 1.17 bits per heavy atom. The Kier molecular flexibility index (Phi) is 12.1. The summed E-state index contributed by atoms with van der Waals surface area (Å²) in [6.45, 7) is 9.04. The molecule has 0 rings (SSSR count). The summed E-state index contributed by atoms with van der Waals surface area (Å²) in [4.78, 5) is 4.13. The van der Waals surface area contributed by atoms with Gasteiger partial charge in [-0.15, -0.1) is 0 Å². The Morgan fingerprint density at radius 2 is 1.83 bits per heavy atom. The Bertz CT molecular complexity index is 424. The number of rotatable bonds is 12. The second-order valence-corrected chi connectivity index (χ2v) is 7.95. The van der Waals surface area contributed by atoms with E-state index in [1.165, 1.54) is 6.26 Å². The fourth-order valence-corrected chi connectivity index (χ4v) is 2.35. The van der Waals surface area contributed by atoms with Crippen molar-refractivity contribution in [2.24, 2.45) is 10.9 Å². The number of hydrogen-bond acceptors (Lipinski definition) is 5. The third kappa shape index (κ3) is 13.3. The minimum absolute atomic E-state index is 0.0496. The second-order valence-electron chi connectivity index (χ2n) is 5.69. The molecule has 8 heteroatoms. The van der Waals surface area contributed by atoms with Crippen LogP contribution in [0.4, 0.5) is 0 Å². The van der Waals surface area contributed by atoms with E-state index in [0.717, 1.165) is 19.6 Å².